The molecule has 98 valence electrons. The number of likely N-dealkylation sites (tertiary alicyclic amines) is 1. The molecule has 2 aliphatic heterocycles. The van der Waals surface area contributed by atoms with Gasteiger partial charge in [-0.25, -0.2) is 4.79 Å². The summed E-state index contributed by atoms with van der Waals surface area (Å²) in [6.45, 7) is 7.77. The minimum atomic E-state index is -0.812. The van der Waals surface area contributed by atoms with E-state index < -0.39 is 12.1 Å². The van der Waals surface area contributed by atoms with Crippen molar-refractivity contribution in [2.24, 2.45) is 11.8 Å². The Morgan fingerprint density at radius 3 is 2.65 bits per heavy atom. The predicted molar refractivity (Wildman–Crippen MR) is 64.9 cm³/mol. The summed E-state index contributed by atoms with van der Waals surface area (Å²) in [5.41, 5.74) is 0. The second-order valence-corrected chi connectivity index (χ2v) is 5.67. The fourth-order valence-corrected chi connectivity index (χ4v) is 2.82. The van der Waals surface area contributed by atoms with Gasteiger partial charge in [-0.1, -0.05) is 13.8 Å². The number of carboxylic acids is 1. The minimum absolute atomic E-state index is 0.122. The molecule has 0 saturated carbocycles. The standard InChI is InChI=1S/C13H23NO3/c1-9-5-6-14(7-10(9)2)8-11-3-4-12(17-11)13(15)16/h9-12H,3-8H2,1-2H3,(H,15,16). The monoisotopic (exact) mass is 241 g/mol. The second kappa shape index (κ2) is 5.36. The fourth-order valence-electron chi connectivity index (χ4n) is 2.82. The van der Waals surface area contributed by atoms with Crippen LogP contribution in [0, 0.1) is 11.8 Å². The molecule has 4 unspecified atom stereocenters. The van der Waals surface area contributed by atoms with Gasteiger partial charge in [-0.05, 0) is 37.6 Å². The lowest BCUT2D eigenvalue weighted by atomic mass is 9.88. The predicted octanol–water partition coefficient (Wildman–Crippen LogP) is 1.60. The third kappa shape index (κ3) is 3.19. The van der Waals surface area contributed by atoms with Crippen molar-refractivity contribution in [3.8, 4) is 0 Å². The molecule has 17 heavy (non-hydrogen) atoms. The summed E-state index contributed by atoms with van der Waals surface area (Å²) in [5, 5.41) is 8.88. The Balaban J connectivity index is 1.77. The van der Waals surface area contributed by atoms with E-state index in [0.29, 0.717) is 6.42 Å². The first-order valence-corrected chi connectivity index (χ1v) is 6.67. The van der Waals surface area contributed by atoms with Gasteiger partial charge in [0.2, 0.25) is 0 Å². The van der Waals surface area contributed by atoms with Gasteiger partial charge in [-0.3, -0.25) is 0 Å². The molecular weight excluding hydrogens is 218 g/mol. The Morgan fingerprint density at radius 1 is 1.29 bits per heavy atom. The van der Waals surface area contributed by atoms with E-state index >= 15 is 0 Å². The maximum absolute atomic E-state index is 10.8. The number of piperidine rings is 1. The van der Waals surface area contributed by atoms with Crippen LogP contribution < -0.4 is 0 Å². The molecule has 0 aromatic carbocycles. The van der Waals surface area contributed by atoms with E-state index in [9.17, 15) is 4.79 Å². The quantitative estimate of drug-likeness (QED) is 0.815. The summed E-state index contributed by atoms with van der Waals surface area (Å²) < 4.78 is 5.55. The molecule has 0 aromatic rings. The molecule has 1 N–H and O–H groups in total. The van der Waals surface area contributed by atoms with Crippen LogP contribution >= 0.6 is 0 Å². The zero-order chi connectivity index (χ0) is 12.4. The smallest absolute Gasteiger partial charge is 0.332 e. The number of carboxylic acid groups (broad SMARTS) is 1. The summed E-state index contributed by atoms with van der Waals surface area (Å²) in [6, 6.07) is 0. The van der Waals surface area contributed by atoms with E-state index in [-0.39, 0.29) is 6.10 Å². The number of rotatable bonds is 3. The van der Waals surface area contributed by atoms with Gasteiger partial charge < -0.3 is 14.7 Å². The average Bonchev–Trinajstić information content (AvgIpc) is 2.72. The highest BCUT2D eigenvalue weighted by molar-refractivity contribution is 5.72. The number of ether oxygens (including phenoxy) is 1. The Labute approximate surface area is 103 Å². The number of nitrogens with zero attached hydrogens (tertiary/aromatic N) is 1. The second-order valence-electron chi connectivity index (χ2n) is 5.67. The third-order valence-corrected chi connectivity index (χ3v) is 4.26. The van der Waals surface area contributed by atoms with Crippen molar-refractivity contribution in [3.05, 3.63) is 0 Å². The third-order valence-electron chi connectivity index (χ3n) is 4.26. The zero-order valence-electron chi connectivity index (χ0n) is 10.8. The number of carbonyl (C=O) groups is 1. The molecule has 2 aliphatic rings. The molecule has 0 aromatic heterocycles. The molecule has 0 radical (unpaired) electrons. The van der Waals surface area contributed by atoms with Crippen molar-refractivity contribution in [2.75, 3.05) is 19.6 Å². The van der Waals surface area contributed by atoms with Gasteiger partial charge in [-0.15, -0.1) is 0 Å². The van der Waals surface area contributed by atoms with E-state index in [2.05, 4.69) is 18.7 Å². The van der Waals surface area contributed by atoms with Crippen LogP contribution in [0.15, 0.2) is 0 Å². The van der Waals surface area contributed by atoms with E-state index in [4.69, 9.17) is 9.84 Å². The normalized spacial score (nSPS) is 39.4. The average molecular weight is 241 g/mol. The van der Waals surface area contributed by atoms with Crippen LogP contribution in [0.3, 0.4) is 0 Å². The first-order chi connectivity index (χ1) is 8.06. The Hall–Kier alpha value is -0.610. The van der Waals surface area contributed by atoms with E-state index in [1.165, 1.54) is 6.42 Å². The molecule has 2 heterocycles. The van der Waals surface area contributed by atoms with Gasteiger partial charge in [0.1, 0.15) is 0 Å². The molecule has 4 heteroatoms. The van der Waals surface area contributed by atoms with Crippen LogP contribution in [0.25, 0.3) is 0 Å². The Kier molecular flexibility index (Phi) is 4.05. The highest BCUT2D eigenvalue weighted by Gasteiger charge is 2.32. The van der Waals surface area contributed by atoms with Crippen LogP contribution in [0.2, 0.25) is 0 Å². The van der Waals surface area contributed by atoms with Gasteiger partial charge in [-0.2, -0.15) is 0 Å². The molecular formula is C13H23NO3. The maximum atomic E-state index is 10.8. The SMILES string of the molecule is CC1CCN(CC2CCC(C(=O)O)O2)CC1C. The van der Waals surface area contributed by atoms with Crippen molar-refractivity contribution in [3.63, 3.8) is 0 Å². The van der Waals surface area contributed by atoms with Gasteiger partial charge in [0.25, 0.3) is 0 Å². The van der Waals surface area contributed by atoms with Crippen molar-refractivity contribution in [1.82, 2.24) is 4.90 Å². The number of hydrogen-bond donors (Lipinski definition) is 1. The van der Waals surface area contributed by atoms with Crippen molar-refractivity contribution >= 4 is 5.97 Å². The van der Waals surface area contributed by atoms with Crippen LogP contribution in [0.4, 0.5) is 0 Å². The molecule has 2 fully saturated rings. The Morgan fingerprint density at radius 2 is 2.06 bits per heavy atom. The molecule has 4 atom stereocenters. The zero-order valence-corrected chi connectivity index (χ0v) is 10.8. The molecule has 2 rings (SSSR count). The van der Waals surface area contributed by atoms with Crippen molar-refractivity contribution in [2.45, 2.75) is 45.3 Å². The summed E-state index contributed by atoms with van der Waals surface area (Å²) >= 11 is 0. The lowest BCUT2D eigenvalue weighted by molar-refractivity contribution is -0.149. The highest BCUT2D eigenvalue weighted by atomic mass is 16.5. The minimum Gasteiger partial charge on any atom is -0.479 e. The Bertz CT molecular complexity index is 282. The molecule has 0 bridgehead atoms. The van der Waals surface area contributed by atoms with Crippen LogP contribution in [0.1, 0.15) is 33.1 Å². The van der Waals surface area contributed by atoms with Crippen molar-refractivity contribution < 1.29 is 14.6 Å². The maximum Gasteiger partial charge on any atom is 0.332 e. The number of aliphatic carboxylic acids is 1. The largest absolute Gasteiger partial charge is 0.479 e. The van der Waals surface area contributed by atoms with Gasteiger partial charge in [0.05, 0.1) is 6.10 Å². The van der Waals surface area contributed by atoms with Gasteiger partial charge in [0.15, 0.2) is 6.10 Å². The van der Waals surface area contributed by atoms with Crippen LogP contribution in [-0.2, 0) is 9.53 Å². The molecule has 0 amide bonds. The van der Waals surface area contributed by atoms with Crippen LogP contribution in [-0.4, -0.2) is 47.8 Å². The van der Waals surface area contributed by atoms with Crippen molar-refractivity contribution in [1.29, 1.82) is 0 Å². The van der Waals surface area contributed by atoms with Gasteiger partial charge >= 0.3 is 5.97 Å². The summed E-state index contributed by atoms with van der Waals surface area (Å²) in [6.07, 6.45) is 2.35. The molecule has 4 nitrogen and oxygen atoms in total. The lowest BCUT2D eigenvalue weighted by Crippen LogP contribution is -2.42. The lowest BCUT2D eigenvalue weighted by Gasteiger charge is -2.36. The van der Waals surface area contributed by atoms with Gasteiger partial charge in [0, 0.05) is 13.1 Å². The molecule has 2 saturated heterocycles. The molecule has 0 spiro atoms. The molecule has 0 aliphatic carbocycles. The van der Waals surface area contributed by atoms with Crippen LogP contribution in [0.5, 0.6) is 0 Å². The number of hydrogen-bond acceptors (Lipinski definition) is 3. The fraction of sp³-hybridized carbons (Fsp3) is 0.923. The highest BCUT2D eigenvalue weighted by Crippen LogP contribution is 2.25. The summed E-state index contributed by atoms with van der Waals surface area (Å²) in [4.78, 5) is 13.2. The summed E-state index contributed by atoms with van der Waals surface area (Å²) in [5.74, 6) is 0.732. The first-order valence-electron chi connectivity index (χ1n) is 6.67. The van der Waals surface area contributed by atoms with E-state index in [1.807, 2.05) is 0 Å². The van der Waals surface area contributed by atoms with E-state index in [1.54, 1.807) is 0 Å². The van der Waals surface area contributed by atoms with E-state index in [0.717, 1.165) is 37.9 Å². The first kappa shape index (κ1) is 12.8. The topological polar surface area (TPSA) is 49.8 Å². The summed E-state index contributed by atoms with van der Waals surface area (Å²) in [7, 11) is 0.